The standard InChI is InChI=1S/C18H28O.C3H6.C3H8.2C2H6.C2H4/c1-14-7-5-6-8-15(14)13-19-17-11-9-16(10-12-17)18(2,3)4;1-2-3-1;1-3-2;3*1-2/h9-12,14-15H,5-8,13H2,1-4H3;1-3H2;3H2,1-2H3;2*1-2H3;1-2H2/t14?,15-;;;;;/m1...../s1. The summed E-state index contributed by atoms with van der Waals surface area (Å²) in [6, 6.07) is 8.63. The first-order valence-electron chi connectivity index (χ1n) is 13.1. The molecule has 0 N–H and O–H groups in total. The van der Waals surface area contributed by atoms with Crippen LogP contribution in [0, 0.1) is 11.8 Å². The molecule has 2 atom stereocenters. The molecule has 0 bridgehead atoms. The van der Waals surface area contributed by atoms with Crippen molar-refractivity contribution in [2.24, 2.45) is 11.8 Å². The highest BCUT2D eigenvalue weighted by Crippen LogP contribution is 2.30. The first-order chi connectivity index (χ1) is 14.9. The van der Waals surface area contributed by atoms with Gasteiger partial charge >= 0.3 is 0 Å². The fraction of sp³-hybridized carbons (Fsp3) is 0.733. The fourth-order valence-electron chi connectivity index (χ4n) is 2.90. The van der Waals surface area contributed by atoms with Crippen LogP contribution >= 0.6 is 0 Å². The fourth-order valence-corrected chi connectivity index (χ4v) is 2.90. The molecular formula is C30H58O. The van der Waals surface area contributed by atoms with Crippen LogP contribution in [0.15, 0.2) is 37.4 Å². The molecule has 0 radical (unpaired) electrons. The summed E-state index contributed by atoms with van der Waals surface area (Å²) in [6.07, 6.45) is 11.2. The largest absolute Gasteiger partial charge is 0.493 e. The maximum atomic E-state index is 5.98. The molecule has 0 aliphatic heterocycles. The highest BCUT2D eigenvalue weighted by atomic mass is 16.5. The predicted molar refractivity (Wildman–Crippen MR) is 146 cm³/mol. The van der Waals surface area contributed by atoms with Crippen molar-refractivity contribution in [3.8, 4) is 5.75 Å². The number of hydrogen-bond donors (Lipinski definition) is 0. The van der Waals surface area contributed by atoms with Crippen molar-refractivity contribution >= 4 is 0 Å². The van der Waals surface area contributed by atoms with E-state index in [1.807, 2.05) is 27.7 Å². The second-order valence-electron chi connectivity index (χ2n) is 8.87. The summed E-state index contributed by atoms with van der Waals surface area (Å²) in [7, 11) is 0. The van der Waals surface area contributed by atoms with Crippen LogP contribution in [0.4, 0.5) is 0 Å². The van der Waals surface area contributed by atoms with Gasteiger partial charge in [-0.3, -0.25) is 0 Å². The summed E-state index contributed by atoms with van der Waals surface area (Å²) < 4.78 is 5.98. The molecule has 2 saturated carbocycles. The number of ether oxygens (including phenoxy) is 1. The van der Waals surface area contributed by atoms with E-state index in [1.54, 1.807) is 0 Å². The van der Waals surface area contributed by atoms with E-state index in [0.29, 0.717) is 0 Å². The highest BCUT2D eigenvalue weighted by molar-refractivity contribution is 5.31. The van der Waals surface area contributed by atoms with Crippen molar-refractivity contribution in [2.45, 2.75) is 126 Å². The van der Waals surface area contributed by atoms with Gasteiger partial charge in [0.05, 0.1) is 6.61 Å². The average Bonchev–Trinajstić information content (AvgIpc) is 3.67. The van der Waals surface area contributed by atoms with Crippen molar-refractivity contribution in [3.63, 3.8) is 0 Å². The smallest absolute Gasteiger partial charge is 0.119 e. The van der Waals surface area contributed by atoms with E-state index in [1.165, 1.54) is 56.9 Å². The minimum absolute atomic E-state index is 0.219. The molecule has 1 nitrogen and oxygen atoms in total. The van der Waals surface area contributed by atoms with Crippen LogP contribution in [0.5, 0.6) is 5.75 Å². The van der Waals surface area contributed by atoms with E-state index >= 15 is 0 Å². The van der Waals surface area contributed by atoms with Crippen LogP contribution < -0.4 is 4.74 Å². The molecule has 1 aromatic rings. The third kappa shape index (κ3) is 20.4. The molecule has 1 unspecified atom stereocenters. The van der Waals surface area contributed by atoms with Crippen LogP contribution in [0.3, 0.4) is 0 Å². The molecule has 0 amide bonds. The van der Waals surface area contributed by atoms with E-state index in [9.17, 15) is 0 Å². The average molecular weight is 435 g/mol. The lowest BCUT2D eigenvalue weighted by Crippen LogP contribution is -2.23. The molecule has 1 heteroatoms. The lowest BCUT2D eigenvalue weighted by atomic mass is 9.81. The molecule has 0 saturated heterocycles. The molecule has 184 valence electrons. The Labute approximate surface area is 198 Å². The molecule has 3 rings (SSSR count). The second kappa shape index (κ2) is 23.4. The van der Waals surface area contributed by atoms with Gasteiger partial charge in [-0.05, 0) is 41.4 Å². The van der Waals surface area contributed by atoms with E-state index in [4.69, 9.17) is 4.74 Å². The molecule has 2 aliphatic carbocycles. The summed E-state index contributed by atoms with van der Waals surface area (Å²) >= 11 is 0. The number of rotatable bonds is 3. The van der Waals surface area contributed by atoms with Gasteiger partial charge < -0.3 is 4.74 Å². The molecule has 2 fully saturated rings. The van der Waals surface area contributed by atoms with Gasteiger partial charge in [0.1, 0.15) is 5.75 Å². The van der Waals surface area contributed by atoms with E-state index < -0.39 is 0 Å². The van der Waals surface area contributed by atoms with Crippen LogP contribution in [-0.2, 0) is 5.41 Å². The summed E-state index contributed by atoms with van der Waals surface area (Å²) in [6.45, 7) is 28.2. The van der Waals surface area contributed by atoms with E-state index in [-0.39, 0.29) is 5.41 Å². The second-order valence-corrected chi connectivity index (χ2v) is 8.87. The third-order valence-electron chi connectivity index (χ3n) is 4.83. The van der Waals surface area contributed by atoms with Gasteiger partial charge in [-0.1, -0.05) is 126 Å². The van der Waals surface area contributed by atoms with E-state index in [0.717, 1.165) is 24.2 Å². The van der Waals surface area contributed by atoms with Gasteiger partial charge in [-0.2, -0.15) is 0 Å². The molecule has 31 heavy (non-hydrogen) atoms. The normalized spacial score (nSPS) is 18.3. The Bertz CT molecular complexity index is 450. The topological polar surface area (TPSA) is 9.23 Å². The zero-order valence-corrected chi connectivity index (χ0v) is 23.2. The van der Waals surface area contributed by atoms with Gasteiger partial charge in [0.25, 0.3) is 0 Å². The van der Waals surface area contributed by atoms with Gasteiger partial charge in [-0.15, -0.1) is 13.2 Å². The van der Waals surface area contributed by atoms with Crippen molar-refractivity contribution in [3.05, 3.63) is 43.0 Å². The Hall–Kier alpha value is -1.24. The minimum Gasteiger partial charge on any atom is -0.493 e. The summed E-state index contributed by atoms with van der Waals surface area (Å²) in [5, 5.41) is 0. The molecule has 0 aromatic heterocycles. The maximum absolute atomic E-state index is 5.98. The van der Waals surface area contributed by atoms with Gasteiger partial charge in [0, 0.05) is 0 Å². The number of hydrogen-bond acceptors (Lipinski definition) is 1. The summed E-state index contributed by atoms with van der Waals surface area (Å²) in [5.41, 5.74) is 1.59. The lowest BCUT2D eigenvalue weighted by molar-refractivity contribution is 0.159. The summed E-state index contributed by atoms with van der Waals surface area (Å²) in [4.78, 5) is 0. The quantitative estimate of drug-likeness (QED) is 0.430. The lowest BCUT2D eigenvalue weighted by Gasteiger charge is -2.28. The monoisotopic (exact) mass is 434 g/mol. The van der Waals surface area contributed by atoms with E-state index in [2.05, 4.69) is 79.0 Å². The molecule has 0 spiro atoms. The first-order valence-corrected chi connectivity index (χ1v) is 13.1. The Kier molecular flexibility index (Phi) is 26.0. The maximum Gasteiger partial charge on any atom is 0.119 e. The first kappa shape index (κ1) is 34.4. The van der Waals surface area contributed by atoms with Crippen molar-refractivity contribution in [2.75, 3.05) is 6.61 Å². The molecular weight excluding hydrogens is 376 g/mol. The zero-order chi connectivity index (χ0) is 24.7. The van der Waals surface area contributed by atoms with Crippen molar-refractivity contribution < 1.29 is 4.74 Å². The SMILES string of the molecule is C1CC1.C=C.CC.CC.CC1CCCC[C@@H]1COc1ccc(C(C)(C)C)cc1.CCC. The highest BCUT2D eigenvalue weighted by Gasteiger charge is 2.21. The van der Waals surface area contributed by atoms with Crippen molar-refractivity contribution in [1.29, 1.82) is 0 Å². The summed E-state index contributed by atoms with van der Waals surface area (Å²) in [5.74, 6) is 2.59. The molecule has 1 aromatic carbocycles. The minimum atomic E-state index is 0.219. The molecule has 0 heterocycles. The Morgan fingerprint density at radius 1 is 0.806 bits per heavy atom. The Morgan fingerprint density at radius 3 is 1.58 bits per heavy atom. The van der Waals surface area contributed by atoms with Crippen molar-refractivity contribution in [1.82, 2.24) is 0 Å². The van der Waals surface area contributed by atoms with Crippen LogP contribution in [0.2, 0.25) is 0 Å². The van der Waals surface area contributed by atoms with Gasteiger partial charge in [0.2, 0.25) is 0 Å². The number of benzene rings is 1. The molecule has 2 aliphatic rings. The van der Waals surface area contributed by atoms with Crippen LogP contribution in [-0.4, -0.2) is 6.61 Å². The van der Waals surface area contributed by atoms with Gasteiger partial charge in [-0.25, -0.2) is 0 Å². The third-order valence-corrected chi connectivity index (χ3v) is 4.83. The van der Waals surface area contributed by atoms with Gasteiger partial charge in [0.15, 0.2) is 0 Å². The van der Waals surface area contributed by atoms with Crippen LogP contribution in [0.1, 0.15) is 126 Å². The predicted octanol–water partition coefficient (Wildman–Crippen LogP) is 10.6. The zero-order valence-electron chi connectivity index (χ0n) is 23.2. The Balaban J connectivity index is -0.000000546. The Morgan fingerprint density at radius 2 is 1.23 bits per heavy atom. The van der Waals surface area contributed by atoms with Crippen LogP contribution in [0.25, 0.3) is 0 Å².